The number of benzene rings is 2. The van der Waals surface area contributed by atoms with Crippen molar-refractivity contribution in [3.63, 3.8) is 0 Å². The van der Waals surface area contributed by atoms with E-state index in [1.165, 1.54) is 0 Å². The van der Waals surface area contributed by atoms with Gasteiger partial charge in [0.05, 0.1) is 0 Å². The van der Waals surface area contributed by atoms with Crippen LogP contribution < -0.4 is 16.4 Å². The van der Waals surface area contributed by atoms with Crippen molar-refractivity contribution in [3.05, 3.63) is 65.2 Å². The first-order valence-corrected chi connectivity index (χ1v) is 8.77. The summed E-state index contributed by atoms with van der Waals surface area (Å²) in [5.74, 6) is -0.427. The molecule has 2 rings (SSSR count). The van der Waals surface area contributed by atoms with E-state index in [0.717, 1.165) is 17.5 Å². The molecule has 0 spiro atoms. The molecule has 2 aromatic rings. The van der Waals surface area contributed by atoms with Crippen LogP contribution in [0, 0.1) is 6.92 Å². The van der Waals surface area contributed by atoms with E-state index in [9.17, 15) is 9.59 Å². The molecule has 0 aliphatic heterocycles. The Morgan fingerprint density at radius 3 is 2.15 bits per heavy atom. The Morgan fingerprint density at radius 1 is 1.04 bits per heavy atom. The number of nitrogens with two attached hydrogens (primary N) is 1. The van der Waals surface area contributed by atoms with Gasteiger partial charge in [0.1, 0.15) is 6.04 Å². The van der Waals surface area contributed by atoms with Crippen LogP contribution >= 0.6 is 0 Å². The van der Waals surface area contributed by atoms with Gasteiger partial charge in [0, 0.05) is 16.8 Å². The Hall–Kier alpha value is -2.66. The van der Waals surface area contributed by atoms with Crippen LogP contribution in [0.2, 0.25) is 0 Å². The van der Waals surface area contributed by atoms with Crippen LogP contribution in [-0.4, -0.2) is 17.4 Å². The lowest BCUT2D eigenvalue weighted by atomic mass is 10.0. The minimum atomic E-state index is -0.746. The van der Waals surface area contributed by atoms with E-state index in [-0.39, 0.29) is 17.4 Å². The monoisotopic (exact) mass is 353 g/mol. The summed E-state index contributed by atoms with van der Waals surface area (Å²) in [5.41, 5.74) is 8.78. The predicted octanol–water partition coefficient (Wildman–Crippen LogP) is 3.55. The zero-order valence-corrected chi connectivity index (χ0v) is 15.8. The van der Waals surface area contributed by atoms with Crippen LogP contribution in [-0.2, 0) is 4.79 Å². The van der Waals surface area contributed by atoms with Gasteiger partial charge < -0.3 is 16.4 Å². The molecule has 0 saturated heterocycles. The Morgan fingerprint density at radius 2 is 1.62 bits per heavy atom. The quantitative estimate of drug-likeness (QED) is 0.742. The van der Waals surface area contributed by atoms with Crippen molar-refractivity contribution in [1.29, 1.82) is 0 Å². The fraction of sp³-hybridized carbons (Fsp3) is 0.333. The summed E-state index contributed by atoms with van der Waals surface area (Å²) in [7, 11) is 0. The standard InChI is InChI=1S/C21H27N3O2/c1-5-21(3,4)24-19(25)16-10-12-17(13-11-16)23-20(26)18(22)15-8-6-14(2)7-9-15/h6-13,18H,5,22H2,1-4H3,(H,23,26)(H,24,25). The Labute approximate surface area is 155 Å². The third-order valence-corrected chi connectivity index (χ3v) is 4.47. The molecule has 2 amide bonds. The van der Waals surface area contributed by atoms with E-state index in [4.69, 9.17) is 5.73 Å². The van der Waals surface area contributed by atoms with Crippen molar-refractivity contribution in [2.24, 2.45) is 5.73 Å². The summed E-state index contributed by atoms with van der Waals surface area (Å²) >= 11 is 0. The summed E-state index contributed by atoms with van der Waals surface area (Å²) < 4.78 is 0. The second-order valence-electron chi connectivity index (χ2n) is 7.15. The summed E-state index contributed by atoms with van der Waals surface area (Å²) in [6.45, 7) is 7.96. The number of aryl methyl sites for hydroxylation is 1. The van der Waals surface area contributed by atoms with Gasteiger partial charge in [0.25, 0.3) is 5.91 Å². The van der Waals surface area contributed by atoms with Gasteiger partial charge in [-0.2, -0.15) is 0 Å². The highest BCUT2D eigenvalue weighted by Gasteiger charge is 2.19. The predicted molar refractivity (Wildman–Crippen MR) is 105 cm³/mol. The van der Waals surface area contributed by atoms with Crippen molar-refractivity contribution >= 4 is 17.5 Å². The number of rotatable bonds is 6. The maximum atomic E-state index is 12.3. The Bertz CT molecular complexity index is 765. The highest BCUT2D eigenvalue weighted by Crippen LogP contribution is 2.16. The molecule has 0 bridgehead atoms. The van der Waals surface area contributed by atoms with Gasteiger partial charge in [-0.15, -0.1) is 0 Å². The first kappa shape index (κ1) is 19.7. The summed E-state index contributed by atoms with van der Waals surface area (Å²) in [5, 5.41) is 5.77. The van der Waals surface area contributed by atoms with Crippen LogP contribution in [0.25, 0.3) is 0 Å². The molecule has 0 fully saturated rings. The molecule has 1 unspecified atom stereocenters. The van der Waals surface area contributed by atoms with Gasteiger partial charge in [-0.25, -0.2) is 0 Å². The van der Waals surface area contributed by atoms with Crippen molar-refractivity contribution in [2.45, 2.75) is 45.7 Å². The zero-order chi connectivity index (χ0) is 19.3. The second-order valence-corrected chi connectivity index (χ2v) is 7.15. The first-order valence-electron chi connectivity index (χ1n) is 8.77. The van der Waals surface area contributed by atoms with E-state index < -0.39 is 6.04 Å². The van der Waals surface area contributed by atoms with Gasteiger partial charge in [0.2, 0.25) is 5.91 Å². The SMILES string of the molecule is CCC(C)(C)NC(=O)c1ccc(NC(=O)C(N)c2ccc(C)cc2)cc1. The fourth-order valence-corrected chi connectivity index (χ4v) is 2.32. The van der Waals surface area contributed by atoms with Crippen LogP contribution in [0.15, 0.2) is 48.5 Å². The molecule has 0 saturated carbocycles. The van der Waals surface area contributed by atoms with Crippen molar-refractivity contribution < 1.29 is 9.59 Å². The molecular weight excluding hydrogens is 326 g/mol. The first-order chi connectivity index (χ1) is 12.2. The van der Waals surface area contributed by atoms with Gasteiger partial charge in [0.15, 0.2) is 0 Å². The molecule has 0 aromatic heterocycles. The molecule has 5 heteroatoms. The number of carbonyl (C=O) groups is 2. The number of anilines is 1. The molecule has 0 heterocycles. The summed E-state index contributed by atoms with van der Waals surface area (Å²) in [6.07, 6.45) is 0.837. The molecule has 0 aliphatic rings. The number of nitrogens with one attached hydrogen (secondary N) is 2. The lowest BCUT2D eigenvalue weighted by Crippen LogP contribution is -2.42. The molecule has 2 aromatic carbocycles. The second kappa shape index (κ2) is 8.15. The summed E-state index contributed by atoms with van der Waals surface area (Å²) in [4.78, 5) is 24.6. The molecule has 26 heavy (non-hydrogen) atoms. The Balaban J connectivity index is 2.01. The average Bonchev–Trinajstić information content (AvgIpc) is 2.62. The number of hydrogen-bond acceptors (Lipinski definition) is 3. The van der Waals surface area contributed by atoms with Gasteiger partial charge in [-0.05, 0) is 57.0 Å². The molecule has 0 aliphatic carbocycles. The molecular formula is C21H27N3O2. The molecule has 4 N–H and O–H groups in total. The van der Waals surface area contributed by atoms with Crippen LogP contribution in [0.1, 0.15) is 54.7 Å². The number of carbonyl (C=O) groups excluding carboxylic acids is 2. The van der Waals surface area contributed by atoms with E-state index in [2.05, 4.69) is 10.6 Å². The maximum absolute atomic E-state index is 12.3. The largest absolute Gasteiger partial charge is 0.347 e. The van der Waals surface area contributed by atoms with Crippen LogP contribution in [0.5, 0.6) is 0 Å². The third kappa shape index (κ3) is 5.17. The van der Waals surface area contributed by atoms with Crippen LogP contribution in [0.4, 0.5) is 5.69 Å². The normalized spacial score (nSPS) is 12.3. The highest BCUT2D eigenvalue weighted by atomic mass is 16.2. The lowest BCUT2D eigenvalue weighted by Gasteiger charge is -2.24. The van der Waals surface area contributed by atoms with E-state index in [1.807, 2.05) is 52.0 Å². The maximum Gasteiger partial charge on any atom is 0.251 e. The van der Waals surface area contributed by atoms with E-state index in [1.54, 1.807) is 24.3 Å². The minimum absolute atomic E-state index is 0.133. The van der Waals surface area contributed by atoms with Gasteiger partial charge in [-0.3, -0.25) is 9.59 Å². The number of hydrogen-bond donors (Lipinski definition) is 3. The topological polar surface area (TPSA) is 84.2 Å². The van der Waals surface area contributed by atoms with E-state index in [0.29, 0.717) is 11.3 Å². The van der Waals surface area contributed by atoms with Gasteiger partial charge in [-0.1, -0.05) is 36.8 Å². The van der Waals surface area contributed by atoms with Crippen molar-refractivity contribution in [3.8, 4) is 0 Å². The number of amides is 2. The van der Waals surface area contributed by atoms with Crippen molar-refractivity contribution in [1.82, 2.24) is 5.32 Å². The van der Waals surface area contributed by atoms with Crippen LogP contribution in [0.3, 0.4) is 0 Å². The zero-order valence-electron chi connectivity index (χ0n) is 15.8. The molecule has 5 nitrogen and oxygen atoms in total. The van der Waals surface area contributed by atoms with Gasteiger partial charge >= 0.3 is 0 Å². The van der Waals surface area contributed by atoms with E-state index >= 15 is 0 Å². The molecule has 0 radical (unpaired) electrons. The minimum Gasteiger partial charge on any atom is -0.347 e. The van der Waals surface area contributed by atoms with Crippen molar-refractivity contribution in [2.75, 3.05) is 5.32 Å². The fourth-order valence-electron chi connectivity index (χ4n) is 2.32. The smallest absolute Gasteiger partial charge is 0.251 e. The average molecular weight is 353 g/mol. The molecule has 138 valence electrons. The third-order valence-electron chi connectivity index (χ3n) is 4.47. The highest BCUT2D eigenvalue weighted by molar-refractivity contribution is 5.97. The molecule has 1 atom stereocenters. The Kier molecular flexibility index (Phi) is 6.16. The summed E-state index contributed by atoms with van der Waals surface area (Å²) in [6, 6.07) is 13.6. The lowest BCUT2D eigenvalue weighted by molar-refractivity contribution is -0.117.